The van der Waals surface area contributed by atoms with Gasteiger partial charge in [-0.2, -0.15) is 0 Å². The molecule has 0 aliphatic rings. The van der Waals surface area contributed by atoms with E-state index in [1.54, 1.807) is 12.3 Å². The number of anilines is 1. The normalized spacial score (nSPS) is 12.6. The molecule has 5 heteroatoms. The summed E-state index contributed by atoms with van der Waals surface area (Å²) >= 11 is 3.38. The summed E-state index contributed by atoms with van der Waals surface area (Å²) in [5, 5.41) is 10.4. The molecule has 0 radical (unpaired) electrons. The van der Waals surface area contributed by atoms with Crippen molar-refractivity contribution in [3.05, 3.63) is 46.5 Å². The van der Waals surface area contributed by atoms with Gasteiger partial charge in [-0.05, 0) is 24.6 Å². The zero-order valence-electron chi connectivity index (χ0n) is 10.2. The van der Waals surface area contributed by atoms with Gasteiger partial charge in [0.25, 0.3) is 0 Å². The molecule has 0 amide bonds. The van der Waals surface area contributed by atoms with Crippen LogP contribution in [0.3, 0.4) is 0 Å². The topological polar surface area (TPSA) is 64.1 Å². The van der Waals surface area contributed by atoms with Gasteiger partial charge in [-0.15, -0.1) is 0 Å². The molecule has 0 aliphatic carbocycles. The maximum absolute atomic E-state index is 10.4. The van der Waals surface area contributed by atoms with Gasteiger partial charge >= 0.3 is 0 Å². The molecular weight excluding hydrogens is 294 g/mol. The van der Waals surface area contributed by atoms with Crippen LogP contribution in [0.15, 0.2) is 35.1 Å². The second-order valence-electron chi connectivity index (χ2n) is 4.15. The van der Waals surface area contributed by atoms with Crippen molar-refractivity contribution in [2.45, 2.75) is 26.0 Å². The molecule has 1 heterocycles. The number of imidazole rings is 1. The van der Waals surface area contributed by atoms with E-state index < -0.39 is 6.10 Å². The first-order chi connectivity index (χ1) is 8.63. The van der Waals surface area contributed by atoms with Gasteiger partial charge in [-0.3, -0.25) is 0 Å². The Labute approximate surface area is 115 Å². The van der Waals surface area contributed by atoms with Gasteiger partial charge in [-0.25, -0.2) is 4.98 Å². The summed E-state index contributed by atoms with van der Waals surface area (Å²) in [5.74, 6) is 0.627. The second-order valence-corrected chi connectivity index (χ2v) is 5.07. The highest BCUT2D eigenvalue weighted by Gasteiger charge is 2.18. The minimum Gasteiger partial charge on any atom is -0.398 e. The third-order valence-corrected chi connectivity index (χ3v) is 3.29. The number of nitrogen functional groups attached to an aromatic ring is 1. The van der Waals surface area contributed by atoms with Crippen molar-refractivity contribution in [3.8, 4) is 0 Å². The van der Waals surface area contributed by atoms with E-state index in [0.29, 0.717) is 17.1 Å². The van der Waals surface area contributed by atoms with E-state index in [4.69, 9.17) is 5.73 Å². The largest absolute Gasteiger partial charge is 0.398 e. The number of hydrogen-bond acceptors (Lipinski definition) is 3. The van der Waals surface area contributed by atoms with Crippen molar-refractivity contribution in [3.63, 3.8) is 0 Å². The average Bonchev–Trinajstić information content (AvgIpc) is 2.80. The Morgan fingerprint density at radius 3 is 3.00 bits per heavy atom. The molecule has 0 saturated heterocycles. The van der Waals surface area contributed by atoms with Crippen LogP contribution in [0, 0.1) is 0 Å². The van der Waals surface area contributed by atoms with Gasteiger partial charge in [0.2, 0.25) is 0 Å². The first kappa shape index (κ1) is 13.1. The molecule has 0 aliphatic heterocycles. The van der Waals surface area contributed by atoms with Crippen LogP contribution in [0.25, 0.3) is 0 Å². The minimum atomic E-state index is -0.802. The maximum Gasteiger partial charge on any atom is 0.142 e. The molecule has 1 atom stereocenters. The molecule has 18 heavy (non-hydrogen) atoms. The highest BCUT2D eigenvalue weighted by Crippen LogP contribution is 2.28. The fourth-order valence-electron chi connectivity index (χ4n) is 1.92. The van der Waals surface area contributed by atoms with Gasteiger partial charge in [0.1, 0.15) is 11.9 Å². The van der Waals surface area contributed by atoms with E-state index in [1.807, 2.05) is 22.9 Å². The van der Waals surface area contributed by atoms with Crippen LogP contribution in [-0.4, -0.2) is 14.7 Å². The number of aryl methyl sites for hydroxylation is 1. The SMILES string of the molecule is CCCn1ccnc1C(O)c1cc(Br)ccc1N. The Kier molecular flexibility index (Phi) is 4.04. The summed E-state index contributed by atoms with van der Waals surface area (Å²) in [5.41, 5.74) is 7.14. The standard InChI is InChI=1S/C13H16BrN3O/c1-2-6-17-7-5-16-13(17)12(18)10-8-9(14)3-4-11(10)15/h3-5,7-8,12,18H,2,6,15H2,1H3. The van der Waals surface area contributed by atoms with Gasteiger partial charge in [0.15, 0.2) is 0 Å². The summed E-state index contributed by atoms with van der Waals surface area (Å²) < 4.78 is 2.84. The van der Waals surface area contributed by atoms with E-state index in [0.717, 1.165) is 17.4 Å². The Balaban J connectivity index is 2.38. The lowest BCUT2D eigenvalue weighted by Gasteiger charge is -2.15. The molecule has 1 unspecified atom stereocenters. The number of aliphatic hydroxyl groups is 1. The summed E-state index contributed by atoms with van der Waals surface area (Å²) in [6.45, 7) is 2.92. The number of nitrogens with two attached hydrogens (primary N) is 1. The molecule has 2 rings (SSSR count). The molecule has 2 aromatic rings. The van der Waals surface area contributed by atoms with E-state index in [1.165, 1.54) is 0 Å². The Bertz CT molecular complexity index is 539. The van der Waals surface area contributed by atoms with Crippen LogP contribution < -0.4 is 5.73 Å². The highest BCUT2D eigenvalue weighted by atomic mass is 79.9. The predicted molar refractivity (Wildman–Crippen MR) is 75.1 cm³/mol. The molecule has 4 nitrogen and oxygen atoms in total. The van der Waals surface area contributed by atoms with E-state index in [-0.39, 0.29) is 0 Å². The zero-order valence-corrected chi connectivity index (χ0v) is 11.8. The van der Waals surface area contributed by atoms with Crippen molar-refractivity contribution in [2.24, 2.45) is 0 Å². The third kappa shape index (κ3) is 2.57. The monoisotopic (exact) mass is 309 g/mol. The average molecular weight is 310 g/mol. The number of rotatable bonds is 4. The lowest BCUT2D eigenvalue weighted by molar-refractivity contribution is 0.205. The zero-order chi connectivity index (χ0) is 13.1. The molecular formula is C13H16BrN3O. The van der Waals surface area contributed by atoms with Gasteiger partial charge in [-0.1, -0.05) is 22.9 Å². The van der Waals surface area contributed by atoms with Gasteiger partial charge in [0.05, 0.1) is 0 Å². The molecule has 96 valence electrons. The van der Waals surface area contributed by atoms with E-state index >= 15 is 0 Å². The van der Waals surface area contributed by atoms with Crippen LogP contribution in [0.1, 0.15) is 30.8 Å². The van der Waals surface area contributed by atoms with Crippen LogP contribution in [0.5, 0.6) is 0 Å². The molecule has 0 fully saturated rings. The van der Waals surface area contributed by atoms with Gasteiger partial charge in [0, 0.05) is 34.7 Å². The minimum absolute atomic E-state index is 0.566. The van der Waals surface area contributed by atoms with Crippen molar-refractivity contribution in [1.82, 2.24) is 9.55 Å². The number of halogens is 1. The number of aliphatic hydroxyl groups excluding tert-OH is 1. The molecule has 0 spiro atoms. The quantitative estimate of drug-likeness (QED) is 0.854. The summed E-state index contributed by atoms with van der Waals surface area (Å²) in [6, 6.07) is 5.45. The van der Waals surface area contributed by atoms with Gasteiger partial charge < -0.3 is 15.4 Å². The van der Waals surface area contributed by atoms with Crippen LogP contribution >= 0.6 is 15.9 Å². The Morgan fingerprint density at radius 2 is 2.28 bits per heavy atom. The molecule has 1 aromatic carbocycles. The van der Waals surface area contributed by atoms with Crippen LogP contribution in [0.2, 0.25) is 0 Å². The summed E-state index contributed by atoms with van der Waals surface area (Å²) in [6.07, 6.45) is 3.76. The fourth-order valence-corrected chi connectivity index (χ4v) is 2.30. The molecule has 0 bridgehead atoms. The first-order valence-electron chi connectivity index (χ1n) is 5.87. The van der Waals surface area contributed by atoms with Crippen LogP contribution in [0.4, 0.5) is 5.69 Å². The Morgan fingerprint density at radius 1 is 1.50 bits per heavy atom. The number of benzene rings is 1. The third-order valence-electron chi connectivity index (χ3n) is 2.80. The highest BCUT2D eigenvalue weighted by molar-refractivity contribution is 9.10. The Hall–Kier alpha value is -1.33. The summed E-state index contributed by atoms with van der Waals surface area (Å²) in [4.78, 5) is 4.22. The summed E-state index contributed by atoms with van der Waals surface area (Å²) in [7, 11) is 0. The lowest BCUT2D eigenvalue weighted by Crippen LogP contribution is -2.11. The number of aromatic nitrogens is 2. The van der Waals surface area contributed by atoms with Crippen LogP contribution in [-0.2, 0) is 6.54 Å². The maximum atomic E-state index is 10.4. The molecule has 0 saturated carbocycles. The first-order valence-corrected chi connectivity index (χ1v) is 6.66. The van der Waals surface area contributed by atoms with Crippen molar-refractivity contribution < 1.29 is 5.11 Å². The van der Waals surface area contributed by atoms with Crippen molar-refractivity contribution in [1.29, 1.82) is 0 Å². The second kappa shape index (κ2) is 5.54. The predicted octanol–water partition coefficient (Wildman–Crippen LogP) is 2.72. The number of nitrogens with zero attached hydrogens (tertiary/aromatic N) is 2. The molecule has 1 aromatic heterocycles. The van der Waals surface area contributed by atoms with E-state index in [2.05, 4.69) is 27.8 Å². The lowest BCUT2D eigenvalue weighted by atomic mass is 10.1. The molecule has 3 N–H and O–H groups in total. The smallest absolute Gasteiger partial charge is 0.142 e. The number of hydrogen-bond donors (Lipinski definition) is 2. The van der Waals surface area contributed by atoms with E-state index in [9.17, 15) is 5.11 Å². The fraction of sp³-hybridized carbons (Fsp3) is 0.308. The van der Waals surface area contributed by atoms with Crippen molar-refractivity contribution in [2.75, 3.05) is 5.73 Å². The van der Waals surface area contributed by atoms with Crippen molar-refractivity contribution >= 4 is 21.6 Å².